The second-order valence-electron chi connectivity index (χ2n) is 5.82. The Morgan fingerprint density at radius 1 is 1.45 bits per heavy atom. The number of carbonyl (C=O) groups excluding carboxylic acids is 1. The fourth-order valence-electron chi connectivity index (χ4n) is 2.86. The smallest absolute Gasteiger partial charge is 0.227 e. The van der Waals surface area contributed by atoms with Gasteiger partial charge in [-0.3, -0.25) is 4.79 Å². The molecular formula is C15H21N5O2. The molecule has 0 bridgehead atoms. The number of fused-ring (bicyclic) bond motifs is 1. The van der Waals surface area contributed by atoms with Gasteiger partial charge in [-0.2, -0.15) is 0 Å². The van der Waals surface area contributed by atoms with E-state index in [-0.39, 0.29) is 11.8 Å². The van der Waals surface area contributed by atoms with Crippen LogP contribution < -0.4 is 5.32 Å². The third-order valence-corrected chi connectivity index (χ3v) is 4.16. The Balaban J connectivity index is 1.55. The fraction of sp³-hybridized carbons (Fsp3) is 0.533. The molecule has 7 nitrogen and oxygen atoms in total. The number of piperidine rings is 1. The summed E-state index contributed by atoms with van der Waals surface area (Å²) in [5.74, 6) is -0.449. The molecule has 3 rings (SSSR count). The quantitative estimate of drug-likeness (QED) is 0.821. The largest absolute Gasteiger partial charge is 0.392 e. The van der Waals surface area contributed by atoms with Crippen molar-refractivity contribution in [2.24, 2.45) is 5.92 Å². The van der Waals surface area contributed by atoms with Gasteiger partial charge in [0.1, 0.15) is 5.52 Å². The first-order valence-electron chi connectivity index (χ1n) is 7.57. The Kier molecular flexibility index (Phi) is 4.35. The molecule has 2 N–H and O–H groups in total. The third-order valence-electron chi connectivity index (χ3n) is 4.16. The molecule has 1 aromatic carbocycles. The second-order valence-corrected chi connectivity index (χ2v) is 5.82. The number of nitrogens with zero attached hydrogens (tertiary/aromatic N) is 4. The molecule has 0 saturated carbocycles. The van der Waals surface area contributed by atoms with Crippen LogP contribution in [0.2, 0.25) is 0 Å². The van der Waals surface area contributed by atoms with Gasteiger partial charge in [0.2, 0.25) is 5.91 Å². The van der Waals surface area contributed by atoms with Gasteiger partial charge in [0.05, 0.1) is 24.1 Å². The molecule has 1 aromatic heterocycles. The average Bonchev–Trinajstić information content (AvgIpc) is 2.93. The van der Waals surface area contributed by atoms with Crippen molar-refractivity contribution in [3.8, 4) is 0 Å². The lowest BCUT2D eigenvalue weighted by Crippen LogP contribution is -2.49. The summed E-state index contributed by atoms with van der Waals surface area (Å²) in [6.45, 7) is 2.46. The van der Waals surface area contributed by atoms with Crippen molar-refractivity contribution in [3.05, 3.63) is 24.3 Å². The van der Waals surface area contributed by atoms with Crippen molar-refractivity contribution < 1.29 is 9.90 Å². The van der Waals surface area contributed by atoms with Crippen molar-refractivity contribution in [2.75, 3.05) is 26.7 Å². The molecule has 22 heavy (non-hydrogen) atoms. The van der Waals surface area contributed by atoms with Crippen LogP contribution in [0.15, 0.2) is 24.3 Å². The lowest BCUT2D eigenvalue weighted by Gasteiger charge is -2.32. The van der Waals surface area contributed by atoms with Gasteiger partial charge in [0.15, 0.2) is 0 Å². The van der Waals surface area contributed by atoms with Gasteiger partial charge in [0, 0.05) is 19.6 Å². The minimum Gasteiger partial charge on any atom is -0.392 e. The zero-order valence-electron chi connectivity index (χ0n) is 12.6. The van der Waals surface area contributed by atoms with E-state index in [9.17, 15) is 9.90 Å². The minimum atomic E-state index is -0.552. The monoisotopic (exact) mass is 303 g/mol. The van der Waals surface area contributed by atoms with E-state index < -0.39 is 6.10 Å². The first-order chi connectivity index (χ1) is 10.6. The Hall–Kier alpha value is -1.99. The molecule has 2 heterocycles. The number of hydrogen-bond donors (Lipinski definition) is 2. The first-order valence-corrected chi connectivity index (χ1v) is 7.57. The summed E-state index contributed by atoms with van der Waals surface area (Å²) in [6.07, 6.45) is 0.0888. The number of hydrogen-bond acceptors (Lipinski definition) is 5. The number of aliphatic hydroxyl groups is 1. The highest BCUT2D eigenvalue weighted by atomic mass is 16.3. The molecule has 0 unspecified atom stereocenters. The number of para-hydroxylation sites is 1. The summed E-state index contributed by atoms with van der Waals surface area (Å²) in [5, 5.41) is 21.0. The van der Waals surface area contributed by atoms with E-state index in [4.69, 9.17) is 0 Å². The highest BCUT2D eigenvalue weighted by molar-refractivity contribution is 5.79. The van der Waals surface area contributed by atoms with Gasteiger partial charge in [-0.05, 0) is 25.6 Å². The molecule has 1 aliphatic heterocycles. The summed E-state index contributed by atoms with van der Waals surface area (Å²) in [4.78, 5) is 14.3. The molecule has 0 spiro atoms. The van der Waals surface area contributed by atoms with Crippen molar-refractivity contribution in [1.29, 1.82) is 0 Å². The molecule has 118 valence electrons. The Bertz CT molecular complexity index is 656. The summed E-state index contributed by atoms with van der Waals surface area (Å²) < 4.78 is 1.78. The van der Waals surface area contributed by atoms with E-state index in [1.165, 1.54) is 0 Å². The van der Waals surface area contributed by atoms with Crippen LogP contribution in [0.5, 0.6) is 0 Å². The fourth-order valence-corrected chi connectivity index (χ4v) is 2.86. The van der Waals surface area contributed by atoms with Gasteiger partial charge in [0.25, 0.3) is 0 Å². The highest BCUT2D eigenvalue weighted by Gasteiger charge is 2.31. The van der Waals surface area contributed by atoms with Gasteiger partial charge in [-0.15, -0.1) is 5.10 Å². The summed E-state index contributed by atoms with van der Waals surface area (Å²) >= 11 is 0. The van der Waals surface area contributed by atoms with Crippen LogP contribution in [-0.4, -0.2) is 63.7 Å². The van der Waals surface area contributed by atoms with Crippen LogP contribution in [0.25, 0.3) is 11.0 Å². The van der Waals surface area contributed by atoms with Gasteiger partial charge >= 0.3 is 0 Å². The Morgan fingerprint density at radius 2 is 2.27 bits per heavy atom. The van der Waals surface area contributed by atoms with E-state index in [1.54, 1.807) is 4.68 Å². The first kappa shape index (κ1) is 14.9. The molecule has 0 aliphatic carbocycles. The molecular weight excluding hydrogens is 282 g/mol. The summed E-state index contributed by atoms with van der Waals surface area (Å²) in [6, 6.07) is 7.72. The van der Waals surface area contributed by atoms with Crippen molar-refractivity contribution in [2.45, 2.75) is 19.1 Å². The average molecular weight is 303 g/mol. The summed E-state index contributed by atoms with van der Waals surface area (Å²) in [7, 11) is 1.97. The van der Waals surface area contributed by atoms with E-state index in [1.807, 2.05) is 31.3 Å². The summed E-state index contributed by atoms with van der Waals surface area (Å²) in [5.41, 5.74) is 1.80. The van der Waals surface area contributed by atoms with Crippen molar-refractivity contribution in [1.82, 2.24) is 25.2 Å². The minimum absolute atomic E-state index is 0.0940. The van der Waals surface area contributed by atoms with Crippen LogP contribution >= 0.6 is 0 Å². The standard InChI is InChI=1S/C15H21N5O2/c1-19-8-6-14(21)11(10-19)15(22)16-7-9-20-13-5-3-2-4-12(13)17-18-20/h2-5,11,14,21H,6-10H2,1H3,(H,16,22)/t11-,14+/m1/s1. The zero-order valence-corrected chi connectivity index (χ0v) is 12.6. The number of amides is 1. The Labute approximate surface area is 128 Å². The molecule has 2 atom stereocenters. The topological polar surface area (TPSA) is 83.3 Å². The molecule has 1 amide bonds. The number of likely N-dealkylation sites (tertiary alicyclic amines) is 1. The van der Waals surface area contributed by atoms with Crippen LogP contribution in [0.1, 0.15) is 6.42 Å². The van der Waals surface area contributed by atoms with E-state index >= 15 is 0 Å². The van der Waals surface area contributed by atoms with E-state index in [0.717, 1.165) is 17.6 Å². The number of benzene rings is 1. The molecule has 1 aliphatic rings. The molecule has 1 saturated heterocycles. The van der Waals surface area contributed by atoms with Crippen LogP contribution in [0.4, 0.5) is 0 Å². The number of nitrogens with one attached hydrogen (secondary N) is 1. The van der Waals surface area contributed by atoms with E-state index in [2.05, 4.69) is 20.5 Å². The number of aliphatic hydroxyl groups excluding tert-OH is 1. The van der Waals surface area contributed by atoms with Gasteiger partial charge < -0.3 is 15.3 Å². The maximum absolute atomic E-state index is 12.2. The van der Waals surface area contributed by atoms with Gasteiger partial charge in [-0.25, -0.2) is 4.68 Å². The third kappa shape index (κ3) is 3.10. The second kappa shape index (κ2) is 6.41. The molecule has 2 aromatic rings. The zero-order chi connectivity index (χ0) is 15.5. The molecule has 7 heteroatoms. The van der Waals surface area contributed by atoms with Crippen LogP contribution in [0.3, 0.4) is 0 Å². The highest BCUT2D eigenvalue weighted by Crippen LogP contribution is 2.16. The Morgan fingerprint density at radius 3 is 3.14 bits per heavy atom. The van der Waals surface area contributed by atoms with E-state index in [0.29, 0.717) is 26.1 Å². The van der Waals surface area contributed by atoms with Crippen molar-refractivity contribution >= 4 is 16.9 Å². The maximum Gasteiger partial charge on any atom is 0.227 e. The number of rotatable bonds is 4. The molecule has 0 radical (unpaired) electrons. The normalized spacial score (nSPS) is 22.8. The van der Waals surface area contributed by atoms with Gasteiger partial charge in [-0.1, -0.05) is 17.3 Å². The SMILES string of the molecule is CN1CC[C@H](O)[C@H](C(=O)NCCn2nnc3ccccc32)C1. The predicted molar refractivity (Wildman–Crippen MR) is 82.1 cm³/mol. The predicted octanol–water partition coefficient (Wildman–Crippen LogP) is -0.140. The lowest BCUT2D eigenvalue weighted by atomic mass is 9.94. The van der Waals surface area contributed by atoms with Crippen LogP contribution in [0, 0.1) is 5.92 Å². The maximum atomic E-state index is 12.2. The van der Waals surface area contributed by atoms with Crippen molar-refractivity contribution in [3.63, 3.8) is 0 Å². The number of aromatic nitrogens is 3. The molecule has 1 fully saturated rings. The van der Waals surface area contributed by atoms with Crippen LogP contribution in [-0.2, 0) is 11.3 Å². The lowest BCUT2D eigenvalue weighted by molar-refractivity contribution is -0.131. The number of carbonyl (C=O) groups is 1.